The summed E-state index contributed by atoms with van der Waals surface area (Å²) in [6.45, 7) is 0.603. The zero-order valence-electron chi connectivity index (χ0n) is 14.5. The number of carbonyl (C=O) groups is 3. The van der Waals surface area contributed by atoms with Crippen molar-refractivity contribution < 1.29 is 23.9 Å². The summed E-state index contributed by atoms with van der Waals surface area (Å²) in [5, 5.41) is 2.68. The van der Waals surface area contributed by atoms with Crippen LogP contribution >= 0.6 is 0 Å². The summed E-state index contributed by atoms with van der Waals surface area (Å²) in [4.78, 5) is 37.8. The van der Waals surface area contributed by atoms with Gasteiger partial charge < -0.3 is 14.8 Å². The first-order valence-corrected chi connectivity index (χ1v) is 8.67. The third-order valence-corrected chi connectivity index (χ3v) is 4.66. The lowest BCUT2D eigenvalue weighted by atomic mass is 10.1. The van der Waals surface area contributed by atoms with Gasteiger partial charge in [0.05, 0.1) is 36.9 Å². The second kappa shape index (κ2) is 7.20. The van der Waals surface area contributed by atoms with Gasteiger partial charge in [0.25, 0.3) is 11.8 Å². The molecule has 1 saturated heterocycles. The molecular formula is C20H18N2O5. The maximum absolute atomic E-state index is 12.5. The Morgan fingerprint density at radius 3 is 2.22 bits per heavy atom. The topological polar surface area (TPSA) is 84.9 Å². The van der Waals surface area contributed by atoms with E-state index < -0.39 is 18.2 Å². The number of ether oxygens (including phenoxy) is 2. The van der Waals surface area contributed by atoms with Gasteiger partial charge in [0.15, 0.2) is 0 Å². The molecule has 0 radical (unpaired) electrons. The van der Waals surface area contributed by atoms with Gasteiger partial charge in [-0.3, -0.25) is 14.5 Å². The number of cyclic esters (lactones) is 1. The summed E-state index contributed by atoms with van der Waals surface area (Å²) in [5.41, 5.74) is 1.76. The highest BCUT2D eigenvalue weighted by molar-refractivity contribution is 6.21. The summed E-state index contributed by atoms with van der Waals surface area (Å²) < 4.78 is 10.9. The molecule has 3 amide bonds. The van der Waals surface area contributed by atoms with Gasteiger partial charge in [-0.1, -0.05) is 42.5 Å². The van der Waals surface area contributed by atoms with E-state index in [-0.39, 0.29) is 25.0 Å². The maximum atomic E-state index is 12.5. The minimum Gasteiger partial charge on any atom is -0.442 e. The van der Waals surface area contributed by atoms with Gasteiger partial charge in [-0.15, -0.1) is 0 Å². The van der Waals surface area contributed by atoms with Crippen molar-refractivity contribution in [3.05, 3.63) is 71.3 Å². The Morgan fingerprint density at radius 1 is 0.926 bits per heavy atom. The average molecular weight is 366 g/mol. The number of nitrogens with zero attached hydrogens (tertiary/aromatic N) is 1. The Bertz CT molecular complexity index is 848. The number of benzene rings is 2. The molecule has 27 heavy (non-hydrogen) atoms. The summed E-state index contributed by atoms with van der Waals surface area (Å²) in [6, 6.07) is 15.9. The molecule has 2 heterocycles. The fraction of sp³-hybridized carbons (Fsp3) is 0.250. The van der Waals surface area contributed by atoms with Crippen LogP contribution in [0.2, 0.25) is 0 Å². The Balaban J connectivity index is 1.39. The summed E-state index contributed by atoms with van der Waals surface area (Å²) in [5.74, 6) is -0.745. The third kappa shape index (κ3) is 3.41. The van der Waals surface area contributed by atoms with Crippen molar-refractivity contribution in [2.75, 3.05) is 13.2 Å². The molecular weight excluding hydrogens is 348 g/mol. The fourth-order valence-electron chi connectivity index (χ4n) is 3.27. The van der Waals surface area contributed by atoms with E-state index in [2.05, 4.69) is 5.32 Å². The number of amides is 3. The van der Waals surface area contributed by atoms with Crippen LogP contribution in [-0.2, 0) is 16.1 Å². The van der Waals surface area contributed by atoms with Gasteiger partial charge in [0.1, 0.15) is 6.10 Å². The van der Waals surface area contributed by atoms with Gasteiger partial charge in [0.2, 0.25) is 0 Å². The molecule has 0 saturated carbocycles. The third-order valence-electron chi connectivity index (χ3n) is 4.66. The molecule has 2 aliphatic rings. The van der Waals surface area contributed by atoms with E-state index in [4.69, 9.17) is 9.47 Å². The van der Waals surface area contributed by atoms with Gasteiger partial charge >= 0.3 is 6.09 Å². The normalized spacial score (nSPS) is 21.2. The lowest BCUT2D eigenvalue weighted by molar-refractivity contribution is 0.0426. The first-order chi connectivity index (χ1) is 13.1. The van der Waals surface area contributed by atoms with Crippen LogP contribution in [0.3, 0.4) is 0 Å². The number of imide groups is 1. The van der Waals surface area contributed by atoms with E-state index in [1.165, 1.54) is 0 Å². The highest BCUT2D eigenvalue weighted by Gasteiger charge is 2.42. The zero-order valence-corrected chi connectivity index (χ0v) is 14.5. The van der Waals surface area contributed by atoms with Crippen molar-refractivity contribution in [2.45, 2.75) is 18.8 Å². The van der Waals surface area contributed by atoms with Crippen LogP contribution < -0.4 is 5.32 Å². The Kier molecular flexibility index (Phi) is 4.60. The van der Waals surface area contributed by atoms with Gasteiger partial charge in [-0.25, -0.2) is 4.79 Å². The van der Waals surface area contributed by atoms with Crippen molar-refractivity contribution in [1.82, 2.24) is 10.2 Å². The zero-order chi connectivity index (χ0) is 18.8. The molecule has 0 aliphatic carbocycles. The summed E-state index contributed by atoms with van der Waals surface area (Å²) in [7, 11) is 0. The molecule has 7 nitrogen and oxygen atoms in total. The second-order valence-electron chi connectivity index (χ2n) is 6.46. The molecule has 2 aromatic rings. The lowest BCUT2D eigenvalue weighted by Gasteiger charge is -2.22. The van der Waals surface area contributed by atoms with E-state index >= 15 is 0 Å². The predicted molar refractivity (Wildman–Crippen MR) is 95.1 cm³/mol. The molecule has 1 N–H and O–H groups in total. The number of alkyl carbamates (subject to hydrolysis) is 1. The van der Waals surface area contributed by atoms with E-state index in [1.807, 2.05) is 30.3 Å². The molecule has 0 spiro atoms. The SMILES string of the molecule is O=C1NC(COCc2ccccc2)C(CN2C(=O)c3ccccc3C2=O)O1. The average Bonchev–Trinajstić information content (AvgIpc) is 3.15. The molecule has 1 fully saturated rings. The maximum Gasteiger partial charge on any atom is 0.407 e. The van der Waals surface area contributed by atoms with Crippen molar-refractivity contribution >= 4 is 17.9 Å². The number of carbonyl (C=O) groups excluding carboxylic acids is 3. The molecule has 2 aromatic carbocycles. The van der Waals surface area contributed by atoms with E-state index in [0.29, 0.717) is 17.7 Å². The van der Waals surface area contributed by atoms with Crippen molar-refractivity contribution in [2.24, 2.45) is 0 Å². The minimum absolute atomic E-state index is 0.00947. The van der Waals surface area contributed by atoms with Gasteiger partial charge in [-0.2, -0.15) is 0 Å². The van der Waals surface area contributed by atoms with Crippen LogP contribution in [0.25, 0.3) is 0 Å². The van der Waals surface area contributed by atoms with Crippen LogP contribution in [0, 0.1) is 0 Å². The van der Waals surface area contributed by atoms with Crippen molar-refractivity contribution in [3.63, 3.8) is 0 Å². The first kappa shape index (κ1) is 17.2. The molecule has 7 heteroatoms. The van der Waals surface area contributed by atoms with Crippen LogP contribution in [0.5, 0.6) is 0 Å². The highest BCUT2D eigenvalue weighted by atomic mass is 16.6. The van der Waals surface area contributed by atoms with Crippen LogP contribution in [-0.4, -0.2) is 48.1 Å². The highest BCUT2D eigenvalue weighted by Crippen LogP contribution is 2.24. The minimum atomic E-state index is -0.657. The summed E-state index contributed by atoms with van der Waals surface area (Å²) >= 11 is 0. The fourth-order valence-corrected chi connectivity index (χ4v) is 3.27. The Labute approximate surface area is 155 Å². The number of fused-ring (bicyclic) bond motifs is 1. The Morgan fingerprint density at radius 2 is 1.56 bits per heavy atom. The molecule has 2 unspecified atom stereocenters. The van der Waals surface area contributed by atoms with Crippen LogP contribution in [0.1, 0.15) is 26.3 Å². The van der Waals surface area contributed by atoms with Crippen LogP contribution in [0.15, 0.2) is 54.6 Å². The Hall–Kier alpha value is -3.19. The largest absolute Gasteiger partial charge is 0.442 e. The number of hydrogen-bond donors (Lipinski definition) is 1. The predicted octanol–water partition coefficient (Wildman–Crippen LogP) is 1.98. The quantitative estimate of drug-likeness (QED) is 0.790. The van der Waals surface area contributed by atoms with Crippen LogP contribution in [0.4, 0.5) is 4.79 Å². The number of nitrogens with one attached hydrogen (secondary N) is 1. The molecule has 2 aliphatic heterocycles. The van der Waals surface area contributed by atoms with Crippen molar-refractivity contribution in [1.29, 1.82) is 0 Å². The molecule has 0 aromatic heterocycles. The monoisotopic (exact) mass is 366 g/mol. The lowest BCUT2D eigenvalue weighted by Crippen LogP contribution is -2.44. The van der Waals surface area contributed by atoms with Gasteiger partial charge in [0, 0.05) is 0 Å². The van der Waals surface area contributed by atoms with E-state index in [1.54, 1.807) is 24.3 Å². The number of hydrogen-bond acceptors (Lipinski definition) is 5. The summed E-state index contributed by atoms with van der Waals surface area (Å²) in [6.07, 6.45) is -1.24. The molecule has 138 valence electrons. The first-order valence-electron chi connectivity index (χ1n) is 8.67. The van der Waals surface area contributed by atoms with Crippen molar-refractivity contribution in [3.8, 4) is 0 Å². The second-order valence-corrected chi connectivity index (χ2v) is 6.46. The van der Waals surface area contributed by atoms with E-state index in [9.17, 15) is 14.4 Å². The smallest absolute Gasteiger partial charge is 0.407 e. The standard InChI is InChI=1S/C20H18N2O5/c23-18-14-8-4-5-9-15(14)19(24)22(18)10-17-16(21-20(25)27-17)12-26-11-13-6-2-1-3-7-13/h1-9,16-17H,10-12H2,(H,21,25). The molecule has 0 bridgehead atoms. The number of rotatable bonds is 6. The molecule has 4 rings (SSSR count). The van der Waals surface area contributed by atoms with Gasteiger partial charge in [-0.05, 0) is 17.7 Å². The van der Waals surface area contributed by atoms with E-state index in [0.717, 1.165) is 10.5 Å². The molecule has 2 atom stereocenters.